The molecule has 1 aliphatic heterocycles. The summed E-state index contributed by atoms with van der Waals surface area (Å²) in [5.41, 5.74) is 3.61. The fourth-order valence-corrected chi connectivity index (χ4v) is 5.12. The lowest BCUT2D eigenvalue weighted by atomic mass is 10.00. The zero-order chi connectivity index (χ0) is 29.1. The van der Waals surface area contributed by atoms with Crippen LogP contribution in [0, 0.1) is 23.4 Å². The van der Waals surface area contributed by atoms with Crippen molar-refractivity contribution >= 4 is 28.6 Å². The predicted octanol–water partition coefficient (Wildman–Crippen LogP) is 4.15. The van der Waals surface area contributed by atoms with E-state index in [9.17, 15) is 27.6 Å². The zero-order valence-electron chi connectivity index (χ0n) is 22.3. The van der Waals surface area contributed by atoms with E-state index in [0.717, 1.165) is 40.5 Å². The Balaban J connectivity index is 1.30. The first-order valence-electron chi connectivity index (χ1n) is 13.3. The molecule has 0 bridgehead atoms. The average Bonchev–Trinajstić information content (AvgIpc) is 3.31. The molecule has 0 radical (unpaired) electrons. The van der Waals surface area contributed by atoms with Crippen molar-refractivity contribution < 1.29 is 27.6 Å². The third kappa shape index (κ3) is 6.42. The number of nitrogens with one attached hydrogen (secondary N) is 3. The van der Waals surface area contributed by atoms with Crippen molar-refractivity contribution in [3.8, 4) is 0 Å². The Hall–Kier alpha value is -4.60. The Bertz CT molecular complexity index is 1580. The number of carbonyl (C=O) groups is 3. The minimum Gasteiger partial charge on any atom is -0.358 e. The summed E-state index contributed by atoms with van der Waals surface area (Å²) < 4.78 is 40.9. The third-order valence-electron chi connectivity index (χ3n) is 7.32. The summed E-state index contributed by atoms with van der Waals surface area (Å²) in [5, 5.41) is 5.97. The van der Waals surface area contributed by atoms with Crippen LogP contribution in [0.3, 0.4) is 0 Å². The molecule has 3 amide bonds. The number of amides is 3. The van der Waals surface area contributed by atoms with Gasteiger partial charge >= 0.3 is 0 Å². The minimum atomic E-state index is -1.18. The number of nitrogens with zero attached hydrogens (tertiary/aromatic N) is 1. The van der Waals surface area contributed by atoms with E-state index in [4.69, 9.17) is 0 Å². The van der Waals surface area contributed by atoms with E-state index in [0.29, 0.717) is 18.4 Å². The van der Waals surface area contributed by atoms with Gasteiger partial charge in [0.25, 0.3) is 0 Å². The van der Waals surface area contributed by atoms with Gasteiger partial charge in [0.05, 0.1) is 0 Å². The molecule has 2 unspecified atom stereocenters. The first-order valence-corrected chi connectivity index (χ1v) is 13.3. The Kier molecular flexibility index (Phi) is 8.09. The summed E-state index contributed by atoms with van der Waals surface area (Å²) >= 11 is 0. The molecular formula is C31H29F3N4O3. The zero-order valence-corrected chi connectivity index (χ0v) is 22.3. The van der Waals surface area contributed by atoms with Crippen LogP contribution in [0.2, 0.25) is 0 Å². The highest BCUT2D eigenvalue weighted by Crippen LogP contribution is 2.29. The number of halogens is 3. The van der Waals surface area contributed by atoms with E-state index in [1.54, 1.807) is 11.0 Å². The van der Waals surface area contributed by atoms with Gasteiger partial charge in [-0.1, -0.05) is 30.3 Å². The molecule has 0 saturated carbocycles. The van der Waals surface area contributed by atoms with Crippen LogP contribution in [0.15, 0.2) is 66.7 Å². The largest absolute Gasteiger partial charge is 0.358 e. The lowest BCUT2D eigenvalue weighted by Gasteiger charge is -2.31. The summed E-state index contributed by atoms with van der Waals surface area (Å²) in [6.07, 6.45) is 0.747. The van der Waals surface area contributed by atoms with Crippen LogP contribution >= 0.6 is 0 Å². The maximum atomic E-state index is 14.0. The quantitative estimate of drug-likeness (QED) is 0.282. The highest BCUT2D eigenvalue weighted by Gasteiger charge is 2.32. The SMILES string of the molecule is CC(C(=O)NCc1cc(F)cc(F)c1)C(=O)NC(Cc1ccccc1)C(=O)N1CCc2[nH]c3ccc(F)cc3c2C1. The Morgan fingerprint density at radius 1 is 0.902 bits per heavy atom. The standard InChI is InChI=1S/C31H29F3N4O3/c1-18(29(39)35-16-20-11-22(33)14-23(34)12-20)30(40)37-28(13-19-5-3-2-4-6-19)31(41)38-10-9-27-25(17-38)24-15-21(32)7-8-26(24)36-27/h2-8,11-12,14-15,18,28,36H,9-10,13,16-17H2,1H3,(H,35,39)(H,37,40). The molecule has 0 spiro atoms. The van der Waals surface area contributed by atoms with Crippen molar-refractivity contribution in [1.29, 1.82) is 0 Å². The molecular weight excluding hydrogens is 533 g/mol. The van der Waals surface area contributed by atoms with E-state index in [-0.39, 0.29) is 36.8 Å². The van der Waals surface area contributed by atoms with Crippen LogP contribution in [-0.2, 0) is 40.3 Å². The van der Waals surface area contributed by atoms with Crippen molar-refractivity contribution in [2.45, 2.75) is 38.9 Å². The van der Waals surface area contributed by atoms with Gasteiger partial charge in [-0.15, -0.1) is 0 Å². The first kappa shape index (κ1) is 27.9. The highest BCUT2D eigenvalue weighted by atomic mass is 19.1. The van der Waals surface area contributed by atoms with Crippen LogP contribution < -0.4 is 10.6 Å². The van der Waals surface area contributed by atoms with Crippen LogP contribution in [0.4, 0.5) is 13.2 Å². The monoisotopic (exact) mass is 562 g/mol. The molecule has 2 heterocycles. The van der Waals surface area contributed by atoms with Crippen LogP contribution in [-0.4, -0.2) is 40.2 Å². The van der Waals surface area contributed by atoms with E-state index in [1.807, 2.05) is 30.3 Å². The van der Waals surface area contributed by atoms with E-state index in [2.05, 4.69) is 15.6 Å². The number of aromatic nitrogens is 1. The summed E-state index contributed by atoms with van der Waals surface area (Å²) in [6.45, 7) is 1.88. The summed E-state index contributed by atoms with van der Waals surface area (Å²) in [6, 6.07) is 15.6. The van der Waals surface area contributed by atoms with Crippen molar-refractivity contribution in [3.05, 3.63) is 107 Å². The van der Waals surface area contributed by atoms with Gasteiger partial charge in [0.2, 0.25) is 17.7 Å². The maximum absolute atomic E-state index is 14.0. The second-order valence-electron chi connectivity index (χ2n) is 10.2. The molecule has 7 nitrogen and oxygen atoms in total. The number of hydrogen-bond acceptors (Lipinski definition) is 3. The lowest BCUT2D eigenvalue weighted by molar-refractivity contribution is -0.140. The van der Waals surface area contributed by atoms with Crippen LogP contribution in [0.1, 0.15) is 29.3 Å². The smallest absolute Gasteiger partial charge is 0.245 e. The van der Waals surface area contributed by atoms with Crippen molar-refractivity contribution in [1.82, 2.24) is 20.5 Å². The van der Waals surface area contributed by atoms with E-state index < -0.39 is 35.4 Å². The molecule has 0 saturated heterocycles. The molecule has 3 aromatic carbocycles. The van der Waals surface area contributed by atoms with Crippen molar-refractivity contribution in [2.24, 2.45) is 5.92 Å². The predicted molar refractivity (Wildman–Crippen MR) is 147 cm³/mol. The third-order valence-corrected chi connectivity index (χ3v) is 7.32. The number of hydrogen-bond donors (Lipinski definition) is 3. The summed E-state index contributed by atoms with van der Waals surface area (Å²) in [7, 11) is 0. The molecule has 0 fully saturated rings. The van der Waals surface area contributed by atoms with Crippen LogP contribution in [0.5, 0.6) is 0 Å². The molecule has 4 aromatic rings. The molecule has 2 atom stereocenters. The molecule has 1 aromatic heterocycles. The van der Waals surface area contributed by atoms with E-state index >= 15 is 0 Å². The number of carbonyl (C=O) groups excluding carboxylic acids is 3. The summed E-state index contributed by atoms with van der Waals surface area (Å²) in [4.78, 5) is 44.6. The molecule has 1 aliphatic rings. The molecule has 212 valence electrons. The minimum absolute atomic E-state index is 0.168. The second-order valence-corrected chi connectivity index (χ2v) is 10.2. The Labute approximate surface area is 234 Å². The van der Waals surface area contributed by atoms with Crippen molar-refractivity contribution in [3.63, 3.8) is 0 Å². The average molecular weight is 563 g/mol. The fourth-order valence-electron chi connectivity index (χ4n) is 5.12. The number of aromatic amines is 1. The number of benzene rings is 3. The highest BCUT2D eigenvalue weighted by molar-refractivity contribution is 6.01. The molecule has 0 aliphatic carbocycles. The van der Waals surface area contributed by atoms with Gasteiger partial charge in [0.15, 0.2) is 0 Å². The van der Waals surface area contributed by atoms with Crippen molar-refractivity contribution in [2.75, 3.05) is 6.54 Å². The number of rotatable bonds is 8. The Morgan fingerprint density at radius 3 is 2.37 bits per heavy atom. The first-order chi connectivity index (χ1) is 19.7. The van der Waals surface area contributed by atoms with E-state index in [1.165, 1.54) is 19.1 Å². The number of fused-ring (bicyclic) bond motifs is 3. The topological polar surface area (TPSA) is 94.3 Å². The molecule has 41 heavy (non-hydrogen) atoms. The van der Waals surface area contributed by atoms with Gasteiger partial charge in [-0.05, 0) is 48.4 Å². The molecule has 3 N–H and O–H groups in total. The normalized spacial score (nSPS) is 14.3. The van der Waals surface area contributed by atoms with Gasteiger partial charge < -0.3 is 20.5 Å². The van der Waals surface area contributed by atoms with Gasteiger partial charge in [-0.2, -0.15) is 0 Å². The van der Waals surface area contributed by atoms with Gasteiger partial charge in [0.1, 0.15) is 29.4 Å². The maximum Gasteiger partial charge on any atom is 0.245 e. The lowest BCUT2D eigenvalue weighted by Crippen LogP contribution is -2.53. The van der Waals surface area contributed by atoms with Gasteiger partial charge in [-0.3, -0.25) is 14.4 Å². The molecule has 5 rings (SSSR count). The van der Waals surface area contributed by atoms with Gasteiger partial charge in [-0.25, -0.2) is 13.2 Å². The number of H-pyrrole nitrogens is 1. The van der Waals surface area contributed by atoms with Gasteiger partial charge in [0, 0.05) is 60.7 Å². The Morgan fingerprint density at radius 2 is 1.63 bits per heavy atom. The second kappa shape index (κ2) is 11.9. The van der Waals surface area contributed by atoms with Crippen LogP contribution in [0.25, 0.3) is 10.9 Å². The molecule has 10 heteroatoms. The fraction of sp³-hybridized carbons (Fsp3) is 0.258. The summed E-state index contributed by atoms with van der Waals surface area (Å²) in [5.74, 6) is -4.72.